The van der Waals surface area contributed by atoms with Gasteiger partial charge in [-0.05, 0) is 48.2 Å². The van der Waals surface area contributed by atoms with Crippen molar-refractivity contribution < 1.29 is 4.42 Å². The molecule has 0 bridgehead atoms. The molecule has 2 N–H and O–H groups in total. The van der Waals surface area contributed by atoms with Crippen molar-refractivity contribution in [2.24, 2.45) is 0 Å². The molecule has 2 aromatic carbocycles. The lowest BCUT2D eigenvalue weighted by molar-refractivity contribution is 0.508. The van der Waals surface area contributed by atoms with E-state index < -0.39 is 0 Å². The quantitative estimate of drug-likeness (QED) is 0.727. The second kappa shape index (κ2) is 5.00. The highest BCUT2D eigenvalue weighted by molar-refractivity contribution is 5.73. The number of nitrogens with two attached hydrogens (primary N) is 1. The maximum Gasteiger partial charge on any atom is 0.196 e. The highest BCUT2D eigenvalue weighted by Gasteiger charge is 2.12. The van der Waals surface area contributed by atoms with Gasteiger partial charge in [-0.2, -0.15) is 0 Å². The maximum atomic E-state index is 5.83. The predicted molar refractivity (Wildman–Crippen MR) is 81.7 cm³/mol. The fourth-order valence-electron chi connectivity index (χ4n) is 2.37. The molecule has 1 atom stereocenters. The van der Waals surface area contributed by atoms with E-state index in [1.54, 1.807) is 0 Å². The lowest BCUT2D eigenvalue weighted by Crippen LogP contribution is -1.99. The molecule has 0 aliphatic carbocycles. The fraction of sp³-hybridized carbons (Fsp3) is 0.235. The van der Waals surface area contributed by atoms with Gasteiger partial charge < -0.3 is 10.2 Å². The highest BCUT2D eigenvalue weighted by atomic mass is 16.3. The number of anilines is 1. The molecular formula is C17H18N2O. The Labute approximate surface area is 118 Å². The van der Waals surface area contributed by atoms with Crippen LogP contribution in [0.1, 0.15) is 29.9 Å². The van der Waals surface area contributed by atoms with Crippen LogP contribution in [0.15, 0.2) is 46.9 Å². The number of hydrogen-bond acceptors (Lipinski definition) is 3. The zero-order valence-electron chi connectivity index (χ0n) is 11.8. The van der Waals surface area contributed by atoms with Gasteiger partial charge in [0.15, 0.2) is 11.5 Å². The number of rotatable bonds is 3. The third kappa shape index (κ3) is 2.52. The summed E-state index contributed by atoms with van der Waals surface area (Å²) < 4.78 is 5.83. The summed E-state index contributed by atoms with van der Waals surface area (Å²) in [4.78, 5) is 4.55. The number of aromatic nitrogens is 1. The van der Waals surface area contributed by atoms with E-state index in [9.17, 15) is 0 Å². The van der Waals surface area contributed by atoms with Crippen LogP contribution in [-0.4, -0.2) is 4.98 Å². The summed E-state index contributed by atoms with van der Waals surface area (Å²) in [6.07, 6.45) is 0.789. The molecule has 0 saturated heterocycles. The molecule has 3 aromatic rings. The van der Waals surface area contributed by atoms with Crippen LogP contribution in [0.5, 0.6) is 0 Å². The van der Waals surface area contributed by atoms with E-state index in [-0.39, 0.29) is 0 Å². The number of benzene rings is 2. The average molecular weight is 266 g/mol. The summed E-state index contributed by atoms with van der Waals surface area (Å²) >= 11 is 0. The minimum Gasteiger partial charge on any atom is -0.441 e. The average Bonchev–Trinajstić information content (AvgIpc) is 2.80. The fourth-order valence-corrected chi connectivity index (χ4v) is 2.37. The first-order valence-corrected chi connectivity index (χ1v) is 6.83. The first-order chi connectivity index (χ1) is 9.61. The van der Waals surface area contributed by atoms with Crippen LogP contribution in [0.25, 0.3) is 11.1 Å². The van der Waals surface area contributed by atoms with Crippen molar-refractivity contribution in [3.05, 3.63) is 59.5 Å². The Balaban J connectivity index is 1.83. The summed E-state index contributed by atoms with van der Waals surface area (Å²) in [6.45, 7) is 4.23. The Kier molecular flexibility index (Phi) is 3.18. The molecule has 3 rings (SSSR count). The summed E-state index contributed by atoms with van der Waals surface area (Å²) in [6, 6.07) is 14.1. The van der Waals surface area contributed by atoms with E-state index in [1.807, 2.05) is 24.3 Å². The summed E-state index contributed by atoms with van der Waals surface area (Å²) in [5.41, 5.74) is 10.7. The zero-order chi connectivity index (χ0) is 14.1. The number of nitrogens with zero attached hydrogens (tertiary/aromatic N) is 1. The molecular weight excluding hydrogens is 248 g/mol. The van der Waals surface area contributed by atoms with Gasteiger partial charge in [0.25, 0.3) is 0 Å². The van der Waals surface area contributed by atoms with Crippen LogP contribution in [0.2, 0.25) is 0 Å². The monoisotopic (exact) mass is 266 g/mol. The first-order valence-electron chi connectivity index (χ1n) is 6.83. The first kappa shape index (κ1) is 12.7. The van der Waals surface area contributed by atoms with Crippen molar-refractivity contribution >= 4 is 16.8 Å². The van der Waals surface area contributed by atoms with E-state index in [0.29, 0.717) is 5.92 Å². The van der Waals surface area contributed by atoms with Gasteiger partial charge in [0, 0.05) is 12.1 Å². The van der Waals surface area contributed by atoms with Crippen LogP contribution in [0.4, 0.5) is 5.69 Å². The third-order valence-electron chi connectivity index (χ3n) is 3.57. The van der Waals surface area contributed by atoms with Crippen LogP contribution >= 0.6 is 0 Å². The molecule has 20 heavy (non-hydrogen) atoms. The second-order valence-electron chi connectivity index (χ2n) is 5.35. The smallest absolute Gasteiger partial charge is 0.196 e. The minimum atomic E-state index is 0.352. The maximum absolute atomic E-state index is 5.83. The van der Waals surface area contributed by atoms with Gasteiger partial charge in [-0.25, -0.2) is 4.98 Å². The third-order valence-corrected chi connectivity index (χ3v) is 3.57. The molecule has 0 saturated carbocycles. The summed E-state index contributed by atoms with van der Waals surface area (Å²) in [5, 5.41) is 0. The Hall–Kier alpha value is -2.29. The van der Waals surface area contributed by atoms with Crippen molar-refractivity contribution in [2.45, 2.75) is 26.2 Å². The number of oxazole rings is 1. The van der Waals surface area contributed by atoms with E-state index in [1.165, 1.54) is 11.1 Å². The Bertz CT molecular complexity index is 728. The minimum absolute atomic E-state index is 0.352. The van der Waals surface area contributed by atoms with Crippen molar-refractivity contribution in [1.82, 2.24) is 4.98 Å². The van der Waals surface area contributed by atoms with E-state index in [2.05, 4.69) is 37.0 Å². The van der Waals surface area contributed by atoms with E-state index in [4.69, 9.17) is 10.2 Å². The van der Waals surface area contributed by atoms with E-state index in [0.717, 1.165) is 29.1 Å². The standard InChI is InChI=1S/C17H18N2O/c1-11-3-8-15-16(9-11)20-17(19-15)10-12(2)13-4-6-14(18)7-5-13/h3-9,12H,10,18H2,1-2H3. The van der Waals surface area contributed by atoms with Crippen molar-refractivity contribution in [2.75, 3.05) is 5.73 Å². The van der Waals surface area contributed by atoms with Gasteiger partial charge in [-0.1, -0.05) is 25.1 Å². The zero-order valence-corrected chi connectivity index (χ0v) is 11.8. The molecule has 102 valence electrons. The van der Waals surface area contributed by atoms with Crippen molar-refractivity contribution in [1.29, 1.82) is 0 Å². The molecule has 1 aromatic heterocycles. The molecule has 0 aliphatic rings. The van der Waals surface area contributed by atoms with Gasteiger partial charge in [0.2, 0.25) is 0 Å². The highest BCUT2D eigenvalue weighted by Crippen LogP contribution is 2.24. The molecule has 3 nitrogen and oxygen atoms in total. The van der Waals surface area contributed by atoms with Crippen LogP contribution < -0.4 is 5.73 Å². The molecule has 0 spiro atoms. The molecule has 1 heterocycles. The second-order valence-corrected chi connectivity index (χ2v) is 5.35. The normalized spacial score (nSPS) is 12.7. The topological polar surface area (TPSA) is 52.0 Å². The molecule has 0 amide bonds. The Morgan fingerprint density at radius 2 is 1.90 bits per heavy atom. The van der Waals surface area contributed by atoms with Gasteiger partial charge >= 0.3 is 0 Å². The molecule has 0 radical (unpaired) electrons. The lowest BCUT2D eigenvalue weighted by atomic mass is 9.98. The summed E-state index contributed by atoms with van der Waals surface area (Å²) in [7, 11) is 0. The van der Waals surface area contributed by atoms with Crippen LogP contribution in [-0.2, 0) is 6.42 Å². The number of hydrogen-bond donors (Lipinski definition) is 1. The lowest BCUT2D eigenvalue weighted by Gasteiger charge is -2.09. The largest absolute Gasteiger partial charge is 0.441 e. The predicted octanol–water partition coefficient (Wildman–Crippen LogP) is 4.06. The van der Waals surface area contributed by atoms with Gasteiger partial charge in [-0.3, -0.25) is 0 Å². The van der Waals surface area contributed by atoms with E-state index >= 15 is 0 Å². The summed E-state index contributed by atoms with van der Waals surface area (Å²) in [5.74, 6) is 1.14. The SMILES string of the molecule is Cc1ccc2nc(CC(C)c3ccc(N)cc3)oc2c1. The van der Waals surface area contributed by atoms with Crippen LogP contribution in [0, 0.1) is 6.92 Å². The molecule has 1 unspecified atom stereocenters. The van der Waals surface area contributed by atoms with Gasteiger partial charge in [-0.15, -0.1) is 0 Å². The van der Waals surface area contributed by atoms with Gasteiger partial charge in [0.1, 0.15) is 5.52 Å². The molecule has 0 aliphatic heterocycles. The Morgan fingerprint density at radius 3 is 2.65 bits per heavy atom. The number of aryl methyl sites for hydroxylation is 1. The van der Waals surface area contributed by atoms with Crippen LogP contribution in [0.3, 0.4) is 0 Å². The Morgan fingerprint density at radius 1 is 1.15 bits per heavy atom. The van der Waals surface area contributed by atoms with Crippen molar-refractivity contribution in [3.63, 3.8) is 0 Å². The van der Waals surface area contributed by atoms with Gasteiger partial charge in [0.05, 0.1) is 0 Å². The number of fused-ring (bicyclic) bond motifs is 1. The molecule has 3 heteroatoms. The number of nitrogen functional groups attached to an aromatic ring is 1. The van der Waals surface area contributed by atoms with Crippen molar-refractivity contribution in [3.8, 4) is 0 Å². The molecule has 0 fully saturated rings.